The molecule has 0 aromatic heterocycles. The smallest absolute Gasteiger partial charge is 0.115 e. The van der Waals surface area contributed by atoms with Crippen LogP contribution in [0.1, 0.15) is 25.8 Å². The number of nitrogens with zero attached hydrogens (tertiary/aromatic N) is 1. The van der Waals surface area contributed by atoms with Crippen LogP contribution in [0.25, 0.3) is 0 Å². The molecule has 0 bridgehead atoms. The highest BCUT2D eigenvalue weighted by molar-refractivity contribution is 5.25. The molecule has 0 amide bonds. The fourth-order valence-corrected chi connectivity index (χ4v) is 2.62. The van der Waals surface area contributed by atoms with E-state index < -0.39 is 0 Å². The Morgan fingerprint density at radius 2 is 2.06 bits per heavy atom. The number of piperazine rings is 1. The van der Waals surface area contributed by atoms with Crippen molar-refractivity contribution in [1.82, 2.24) is 10.2 Å². The van der Waals surface area contributed by atoms with Gasteiger partial charge in [0.2, 0.25) is 0 Å². The molecule has 1 aliphatic rings. The van der Waals surface area contributed by atoms with E-state index in [4.69, 9.17) is 0 Å². The second-order valence-electron chi connectivity index (χ2n) is 5.68. The van der Waals surface area contributed by atoms with Crippen LogP contribution in [0.2, 0.25) is 0 Å². The van der Waals surface area contributed by atoms with Crippen molar-refractivity contribution in [2.24, 2.45) is 5.92 Å². The fraction of sp³-hybridized carbons (Fsp3) is 0.600. The van der Waals surface area contributed by atoms with Crippen LogP contribution in [0, 0.1) is 5.92 Å². The van der Waals surface area contributed by atoms with Gasteiger partial charge >= 0.3 is 0 Å². The number of hydrogen-bond acceptors (Lipinski definition) is 3. The van der Waals surface area contributed by atoms with Gasteiger partial charge in [-0.3, -0.25) is 4.90 Å². The average Bonchev–Trinajstić information content (AvgIpc) is 2.32. The molecule has 100 valence electrons. The highest BCUT2D eigenvalue weighted by Gasteiger charge is 2.19. The van der Waals surface area contributed by atoms with Gasteiger partial charge in [-0.1, -0.05) is 26.0 Å². The Balaban J connectivity index is 1.87. The second kappa shape index (κ2) is 6.21. The van der Waals surface area contributed by atoms with E-state index in [-0.39, 0.29) is 0 Å². The molecule has 1 saturated heterocycles. The van der Waals surface area contributed by atoms with Crippen molar-refractivity contribution in [2.75, 3.05) is 19.6 Å². The van der Waals surface area contributed by atoms with Gasteiger partial charge in [0.05, 0.1) is 0 Å². The quantitative estimate of drug-likeness (QED) is 0.857. The summed E-state index contributed by atoms with van der Waals surface area (Å²) < 4.78 is 0. The first-order valence-corrected chi connectivity index (χ1v) is 6.87. The number of phenols is 1. The van der Waals surface area contributed by atoms with Crippen molar-refractivity contribution >= 4 is 0 Å². The standard InChI is InChI=1S/C15H24N2O/c1-12(2)9-14-11-17(8-7-16-14)10-13-3-5-15(18)6-4-13/h3-6,12,14,16,18H,7-11H2,1-2H3. The van der Waals surface area contributed by atoms with Gasteiger partial charge in [-0.05, 0) is 30.0 Å². The number of rotatable bonds is 4. The van der Waals surface area contributed by atoms with Gasteiger partial charge in [0.1, 0.15) is 5.75 Å². The number of benzene rings is 1. The average molecular weight is 248 g/mol. The highest BCUT2D eigenvalue weighted by Crippen LogP contribution is 2.14. The lowest BCUT2D eigenvalue weighted by Crippen LogP contribution is -2.50. The number of nitrogens with one attached hydrogen (secondary N) is 1. The van der Waals surface area contributed by atoms with Gasteiger partial charge in [0, 0.05) is 32.2 Å². The van der Waals surface area contributed by atoms with E-state index in [0.717, 1.165) is 32.1 Å². The van der Waals surface area contributed by atoms with E-state index >= 15 is 0 Å². The lowest BCUT2D eigenvalue weighted by Gasteiger charge is -2.34. The molecule has 2 rings (SSSR count). The monoisotopic (exact) mass is 248 g/mol. The maximum atomic E-state index is 9.28. The largest absolute Gasteiger partial charge is 0.508 e. The van der Waals surface area contributed by atoms with Crippen molar-refractivity contribution in [3.63, 3.8) is 0 Å². The minimum atomic E-state index is 0.344. The Morgan fingerprint density at radius 3 is 2.72 bits per heavy atom. The van der Waals surface area contributed by atoms with Crippen LogP contribution in [0.5, 0.6) is 5.75 Å². The summed E-state index contributed by atoms with van der Waals surface area (Å²) in [6.07, 6.45) is 1.24. The normalized spacial score (nSPS) is 21.4. The Kier molecular flexibility index (Phi) is 4.61. The first-order valence-electron chi connectivity index (χ1n) is 6.87. The third-order valence-corrected chi connectivity index (χ3v) is 3.44. The molecule has 2 N–H and O–H groups in total. The summed E-state index contributed by atoms with van der Waals surface area (Å²) in [5, 5.41) is 12.9. The van der Waals surface area contributed by atoms with Gasteiger partial charge < -0.3 is 10.4 Å². The molecule has 0 spiro atoms. The van der Waals surface area contributed by atoms with Gasteiger partial charge in [-0.15, -0.1) is 0 Å². The van der Waals surface area contributed by atoms with Crippen LogP contribution in [-0.4, -0.2) is 35.7 Å². The number of hydrogen-bond donors (Lipinski definition) is 2. The third kappa shape index (κ3) is 4.00. The van der Waals surface area contributed by atoms with Crippen LogP contribution in [0.3, 0.4) is 0 Å². The van der Waals surface area contributed by atoms with Crippen LogP contribution >= 0.6 is 0 Å². The van der Waals surface area contributed by atoms with Crippen LogP contribution in [0.4, 0.5) is 0 Å². The topological polar surface area (TPSA) is 35.5 Å². The van der Waals surface area contributed by atoms with Gasteiger partial charge in [0.15, 0.2) is 0 Å². The number of aromatic hydroxyl groups is 1. The van der Waals surface area contributed by atoms with Gasteiger partial charge in [0.25, 0.3) is 0 Å². The lowest BCUT2D eigenvalue weighted by atomic mass is 10.0. The Morgan fingerprint density at radius 1 is 1.33 bits per heavy atom. The van der Waals surface area contributed by atoms with E-state index in [1.807, 2.05) is 12.1 Å². The van der Waals surface area contributed by atoms with Crippen molar-refractivity contribution < 1.29 is 5.11 Å². The first-order chi connectivity index (χ1) is 8.63. The molecule has 0 aliphatic carbocycles. The molecular formula is C15H24N2O. The van der Waals surface area contributed by atoms with Gasteiger partial charge in [-0.2, -0.15) is 0 Å². The fourth-order valence-electron chi connectivity index (χ4n) is 2.62. The third-order valence-electron chi connectivity index (χ3n) is 3.44. The maximum absolute atomic E-state index is 9.28. The van der Waals surface area contributed by atoms with E-state index in [2.05, 4.69) is 24.1 Å². The molecule has 1 heterocycles. The molecule has 0 radical (unpaired) electrons. The maximum Gasteiger partial charge on any atom is 0.115 e. The Bertz CT molecular complexity index is 361. The highest BCUT2D eigenvalue weighted by atomic mass is 16.3. The molecule has 3 heteroatoms. The van der Waals surface area contributed by atoms with E-state index in [1.165, 1.54) is 12.0 Å². The predicted octanol–water partition coefficient (Wildman–Crippen LogP) is 2.21. The SMILES string of the molecule is CC(C)CC1CN(Cc2ccc(O)cc2)CCN1. The molecule has 3 nitrogen and oxygen atoms in total. The molecule has 18 heavy (non-hydrogen) atoms. The molecule has 0 saturated carbocycles. The van der Waals surface area contributed by atoms with Crippen LogP contribution < -0.4 is 5.32 Å². The predicted molar refractivity (Wildman–Crippen MR) is 74.6 cm³/mol. The Hall–Kier alpha value is -1.06. The van der Waals surface area contributed by atoms with Crippen LogP contribution in [-0.2, 0) is 6.54 Å². The minimum Gasteiger partial charge on any atom is -0.508 e. The second-order valence-corrected chi connectivity index (χ2v) is 5.68. The summed E-state index contributed by atoms with van der Waals surface area (Å²) in [5.74, 6) is 1.09. The molecule has 1 atom stereocenters. The zero-order valence-corrected chi connectivity index (χ0v) is 11.4. The molecule has 1 aromatic carbocycles. The van der Waals surface area contributed by atoms with Crippen LogP contribution in [0.15, 0.2) is 24.3 Å². The molecular weight excluding hydrogens is 224 g/mol. The Labute approximate surface area is 110 Å². The zero-order valence-electron chi connectivity index (χ0n) is 11.4. The molecule has 1 unspecified atom stereocenters. The van der Waals surface area contributed by atoms with Gasteiger partial charge in [-0.25, -0.2) is 0 Å². The van der Waals surface area contributed by atoms with Crippen molar-refractivity contribution in [3.8, 4) is 5.75 Å². The minimum absolute atomic E-state index is 0.344. The van der Waals surface area contributed by atoms with E-state index in [9.17, 15) is 5.11 Å². The summed E-state index contributed by atoms with van der Waals surface area (Å²) in [7, 11) is 0. The number of phenolic OH excluding ortho intramolecular Hbond substituents is 1. The van der Waals surface area contributed by atoms with E-state index in [0.29, 0.717) is 11.8 Å². The molecule has 1 aliphatic heterocycles. The summed E-state index contributed by atoms with van der Waals surface area (Å²) in [4.78, 5) is 2.50. The molecule has 1 fully saturated rings. The lowest BCUT2D eigenvalue weighted by molar-refractivity contribution is 0.179. The van der Waals surface area contributed by atoms with Crippen molar-refractivity contribution in [1.29, 1.82) is 0 Å². The summed E-state index contributed by atoms with van der Waals surface area (Å²) >= 11 is 0. The first kappa shape index (κ1) is 13.4. The zero-order chi connectivity index (χ0) is 13.0. The summed E-state index contributed by atoms with van der Waals surface area (Å²) in [6.45, 7) is 8.85. The summed E-state index contributed by atoms with van der Waals surface area (Å²) in [6, 6.07) is 8.17. The van der Waals surface area contributed by atoms with Crippen molar-refractivity contribution in [3.05, 3.63) is 29.8 Å². The summed E-state index contributed by atoms with van der Waals surface area (Å²) in [5.41, 5.74) is 1.28. The van der Waals surface area contributed by atoms with E-state index in [1.54, 1.807) is 12.1 Å². The van der Waals surface area contributed by atoms with Crippen molar-refractivity contribution in [2.45, 2.75) is 32.9 Å². The molecule has 1 aromatic rings.